The maximum atomic E-state index is 13.2. The summed E-state index contributed by atoms with van der Waals surface area (Å²) in [4.78, 5) is 20.3. The number of halogens is 3. The zero-order chi connectivity index (χ0) is 15.0. The molecule has 2 aromatic carbocycles. The smallest absolute Gasteiger partial charge is 0.230 e. The highest BCUT2D eigenvalue weighted by Crippen LogP contribution is 2.21. The monoisotopic (exact) mass is 304 g/mol. The summed E-state index contributed by atoms with van der Waals surface area (Å²) in [6, 6.07) is 9.79. The lowest BCUT2D eigenvalue weighted by molar-refractivity contribution is 0.102. The van der Waals surface area contributed by atoms with Crippen LogP contribution in [-0.2, 0) is 0 Å². The molecule has 0 bridgehead atoms. The van der Waals surface area contributed by atoms with Gasteiger partial charge in [-0.05, 0) is 30.3 Å². The lowest BCUT2D eigenvalue weighted by atomic mass is 10.1. The van der Waals surface area contributed by atoms with Crippen molar-refractivity contribution in [3.8, 4) is 0 Å². The number of para-hydroxylation sites is 1. The quantitative estimate of drug-likeness (QED) is 0.534. The van der Waals surface area contributed by atoms with Crippen LogP contribution >= 0.6 is 11.6 Å². The Morgan fingerprint density at radius 1 is 1.00 bits per heavy atom. The molecule has 0 fully saturated rings. The van der Waals surface area contributed by atoms with E-state index in [1.165, 1.54) is 6.07 Å². The SMILES string of the molecule is O=C(c1ccc(F)c(F)c1)c1nc(Cl)c2ccccc2n1. The molecule has 3 rings (SSSR count). The number of fused-ring (bicyclic) bond motifs is 1. The molecule has 0 amide bonds. The second-order valence-corrected chi connectivity index (χ2v) is 4.67. The molecule has 0 radical (unpaired) electrons. The van der Waals surface area contributed by atoms with E-state index in [4.69, 9.17) is 11.6 Å². The highest BCUT2D eigenvalue weighted by molar-refractivity contribution is 6.34. The Labute approximate surface area is 123 Å². The van der Waals surface area contributed by atoms with Gasteiger partial charge in [-0.25, -0.2) is 18.7 Å². The molecular weight excluding hydrogens is 298 g/mol. The summed E-state index contributed by atoms with van der Waals surface area (Å²) in [5.41, 5.74) is 0.462. The van der Waals surface area contributed by atoms with Gasteiger partial charge in [0.2, 0.25) is 11.6 Å². The van der Waals surface area contributed by atoms with E-state index in [9.17, 15) is 13.6 Å². The molecule has 0 spiro atoms. The predicted molar refractivity (Wildman–Crippen MR) is 74.3 cm³/mol. The molecule has 0 N–H and O–H groups in total. The van der Waals surface area contributed by atoms with Gasteiger partial charge in [0.25, 0.3) is 0 Å². The third kappa shape index (κ3) is 2.48. The summed E-state index contributed by atoms with van der Waals surface area (Å²) in [5.74, 6) is -2.91. The first kappa shape index (κ1) is 13.6. The molecule has 0 unspecified atom stereocenters. The first-order chi connectivity index (χ1) is 10.1. The van der Waals surface area contributed by atoms with Crippen LogP contribution in [0.5, 0.6) is 0 Å². The van der Waals surface area contributed by atoms with Crippen LogP contribution in [0.3, 0.4) is 0 Å². The third-order valence-corrected chi connectivity index (χ3v) is 3.23. The van der Waals surface area contributed by atoms with Crippen LogP contribution < -0.4 is 0 Å². The normalized spacial score (nSPS) is 10.8. The number of hydrogen-bond donors (Lipinski definition) is 0. The topological polar surface area (TPSA) is 42.9 Å². The van der Waals surface area contributed by atoms with Gasteiger partial charge in [-0.3, -0.25) is 4.79 Å². The zero-order valence-corrected chi connectivity index (χ0v) is 11.2. The van der Waals surface area contributed by atoms with E-state index in [0.29, 0.717) is 10.9 Å². The highest BCUT2D eigenvalue weighted by Gasteiger charge is 2.16. The Hall–Kier alpha value is -2.40. The van der Waals surface area contributed by atoms with Crippen molar-refractivity contribution in [1.82, 2.24) is 9.97 Å². The van der Waals surface area contributed by atoms with Crippen LogP contribution in [0.4, 0.5) is 8.78 Å². The van der Waals surface area contributed by atoms with Crippen LogP contribution in [0, 0.1) is 11.6 Å². The molecular formula is C15H7ClF2N2O. The number of nitrogens with zero attached hydrogens (tertiary/aromatic N) is 2. The maximum Gasteiger partial charge on any atom is 0.230 e. The van der Waals surface area contributed by atoms with Gasteiger partial charge in [-0.15, -0.1) is 0 Å². The maximum absolute atomic E-state index is 13.2. The zero-order valence-electron chi connectivity index (χ0n) is 10.5. The summed E-state index contributed by atoms with van der Waals surface area (Å²) in [5, 5.41) is 0.743. The molecule has 1 aromatic heterocycles. The fraction of sp³-hybridized carbons (Fsp3) is 0. The number of aromatic nitrogens is 2. The minimum absolute atomic E-state index is 0.0414. The molecule has 3 aromatic rings. The highest BCUT2D eigenvalue weighted by atomic mass is 35.5. The Morgan fingerprint density at radius 2 is 1.76 bits per heavy atom. The fourth-order valence-corrected chi connectivity index (χ4v) is 2.15. The Bertz CT molecular complexity index is 867. The summed E-state index contributed by atoms with van der Waals surface area (Å²) >= 11 is 6.01. The Kier molecular flexibility index (Phi) is 3.35. The molecule has 1 heterocycles. The Morgan fingerprint density at radius 3 is 2.52 bits per heavy atom. The van der Waals surface area contributed by atoms with Gasteiger partial charge < -0.3 is 0 Å². The minimum Gasteiger partial charge on any atom is -0.285 e. The van der Waals surface area contributed by atoms with Gasteiger partial charge in [0.05, 0.1) is 5.52 Å². The second kappa shape index (κ2) is 5.18. The van der Waals surface area contributed by atoms with Gasteiger partial charge in [0.15, 0.2) is 11.6 Å². The fourth-order valence-electron chi connectivity index (χ4n) is 1.91. The molecule has 0 saturated heterocycles. The van der Waals surface area contributed by atoms with E-state index in [0.717, 1.165) is 12.1 Å². The van der Waals surface area contributed by atoms with Gasteiger partial charge >= 0.3 is 0 Å². The van der Waals surface area contributed by atoms with Crippen molar-refractivity contribution >= 4 is 28.3 Å². The van der Waals surface area contributed by atoms with Gasteiger partial charge in [0.1, 0.15) is 5.15 Å². The van der Waals surface area contributed by atoms with Crippen molar-refractivity contribution in [3.63, 3.8) is 0 Å². The molecule has 0 saturated carbocycles. The van der Waals surface area contributed by atoms with Crippen molar-refractivity contribution in [2.45, 2.75) is 0 Å². The lowest BCUT2D eigenvalue weighted by Gasteiger charge is -2.04. The molecule has 104 valence electrons. The largest absolute Gasteiger partial charge is 0.285 e. The first-order valence-corrected chi connectivity index (χ1v) is 6.36. The molecule has 3 nitrogen and oxygen atoms in total. The van der Waals surface area contributed by atoms with E-state index in [1.807, 2.05) is 0 Å². The number of carbonyl (C=O) groups excluding carboxylic acids is 1. The van der Waals surface area contributed by atoms with Gasteiger partial charge in [-0.2, -0.15) is 0 Å². The van der Waals surface area contributed by atoms with E-state index in [2.05, 4.69) is 9.97 Å². The number of benzene rings is 2. The molecule has 21 heavy (non-hydrogen) atoms. The van der Waals surface area contributed by atoms with Crippen LogP contribution in [0.25, 0.3) is 10.9 Å². The van der Waals surface area contributed by atoms with Crippen LogP contribution in [-0.4, -0.2) is 15.8 Å². The summed E-state index contributed by atoms with van der Waals surface area (Å²) in [6.45, 7) is 0. The van der Waals surface area contributed by atoms with Crippen LogP contribution in [0.15, 0.2) is 42.5 Å². The molecule has 0 aliphatic carbocycles. The van der Waals surface area contributed by atoms with Crippen molar-refractivity contribution in [1.29, 1.82) is 0 Å². The van der Waals surface area contributed by atoms with Crippen molar-refractivity contribution < 1.29 is 13.6 Å². The van der Waals surface area contributed by atoms with E-state index < -0.39 is 17.4 Å². The van der Waals surface area contributed by atoms with E-state index >= 15 is 0 Å². The first-order valence-electron chi connectivity index (χ1n) is 5.98. The van der Waals surface area contributed by atoms with Crippen molar-refractivity contribution in [3.05, 3.63) is 70.6 Å². The van der Waals surface area contributed by atoms with Crippen molar-refractivity contribution in [2.24, 2.45) is 0 Å². The number of carbonyl (C=O) groups is 1. The van der Waals surface area contributed by atoms with Crippen molar-refractivity contribution in [2.75, 3.05) is 0 Å². The summed E-state index contributed by atoms with van der Waals surface area (Å²) < 4.78 is 26.1. The second-order valence-electron chi connectivity index (χ2n) is 4.31. The van der Waals surface area contributed by atoms with E-state index in [-0.39, 0.29) is 16.5 Å². The third-order valence-electron chi connectivity index (χ3n) is 2.94. The molecule has 0 aliphatic heterocycles. The minimum atomic E-state index is -1.10. The van der Waals surface area contributed by atoms with E-state index in [1.54, 1.807) is 24.3 Å². The average Bonchev–Trinajstić information content (AvgIpc) is 2.49. The lowest BCUT2D eigenvalue weighted by Crippen LogP contribution is -2.08. The molecule has 6 heteroatoms. The number of hydrogen-bond acceptors (Lipinski definition) is 3. The Balaban J connectivity index is 2.11. The van der Waals surface area contributed by atoms with Crippen LogP contribution in [0.2, 0.25) is 5.15 Å². The number of rotatable bonds is 2. The molecule has 0 aliphatic rings. The standard InChI is InChI=1S/C15H7ClF2N2O/c16-14-9-3-1-2-4-12(9)19-15(20-14)13(21)8-5-6-10(17)11(18)7-8/h1-7H. The molecule has 0 atom stereocenters. The summed E-state index contributed by atoms with van der Waals surface area (Å²) in [6.07, 6.45) is 0. The van der Waals surface area contributed by atoms with Crippen LogP contribution in [0.1, 0.15) is 16.2 Å². The van der Waals surface area contributed by atoms with Gasteiger partial charge in [-0.1, -0.05) is 23.7 Å². The average molecular weight is 305 g/mol. The number of ketones is 1. The van der Waals surface area contributed by atoms with Gasteiger partial charge in [0, 0.05) is 10.9 Å². The summed E-state index contributed by atoms with van der Waals surface area (Å²) in [7, 11) is 0. The predicted octanol–water partition coefficient (Wildman–Crippen LogP) is 3.79.